The Morgan fingerprint density at radius 2 is 1.38 bits per heavy atom. The molecule has 0 aromatic heterocycles. The third-order valence-corrected chi connectivity index (χ3v) is 18.9. The average Bonchev–Trinajstić information content (AvgIpc) is 3.21. The van der Waals surface area contributed by atoms with Crippen LogP contribution in [-0.4, -0.2) is 157 Å². The van der Waals surface area contributed by atoms with E-state index >= 15 is 0 Å². The molecule has 16 nitrogen and oxygen atoms in total. The van der Waals surface area contributed by atoms with E-state index in [4.69, 9.17) is 28.4 Å². The summed E-state index contributed by atoms with van der Waals surface area (Å²) in [4.78, 5) is 13.1. The first-order valence-electron chi connectivity index (χ1n) is 23.6. The van der Waals surface area contributed by atoms with Gasteiger partial charge in [0.25, 0.3) is 0 Å². The molecular formula is C47H76O16. The van der Waals surface area contributed by atoms with E-state index in [0.29, 0.717) is 18.8 Å². The summed E-state index contributed by atoms with van der Waals surface area (Å²) in [6.45, 7) is 17.2. The molecule has 0 bridgehead atoms. The number of allylic oxidation sites excluding steroid dienone is 2. The fraction of sp³-hybridized carbons (Fsp3) is 0.936. The normalized spacial score (nSPS) is 54.1. The molecule has 0 aromatic rings. The van der Waals surface area contributed by atoms with E-state index in [-0.39, 0.29) is 51.6 Å². The van der Waals surface area contributed by atoms with Gasteiger partial charge in [0.15, 0.2) is 18.9 Å². The summed E-state index contributed by atoms with van der Waals surface area (Å²) in [7, 11) is 0. The number of aliphatic hydroxyl groups excluding tert-OH is 8. The molecule has 8 aliphatic rings. The van der Waals surface area contributed by atoms with Crippen LogP contribution in [0, 0.1) is 50.2 Å². The molecule has 22 atom stereocenters. The van der Waals surface area contributed by atoms with Crippen LogP contribution in [0.3, 0.4) is 0 Å². The van der Waals surface area contributed by atoms with Crippen LogP contribution in [-0.2, 0) is 33.2 Å². The summed E-state index contributed by atoms with van der Waals surface area (Å²) in [5.41, 5.74) is 0.187. The van der Waals surface area contributed by atoms with E-state index in [1.807, 2.05) is 0 Å². The van der Waals surface area contributed by atoms with Gasteiger partial charge in [-0.05, 0) is 116 Å². The zero-order valence-corrected chi connectivity index (χ0v) is 38.3. The lowest BCUT2D eigenvalue weighted by Gasteiger charge is -2.71. The van der Waals surface area contributed by atoms with Crippen molar-refractivity contribution < 1.29 is 79.2 Å². The molecule has 0 unspecified atom stereocenters. The highest BCUT2D eigenvalue weighted by Crippen LogP contribution is 2.76. The van der Waals surface area contributed by atoms with E-state index in [9.17, 15) is 50.8 Å². The van der Waals surface area contributed by atoms with Crippen LogP contribution in [0.5, 0.6) is 0 Å². The van der Waals surface area contributed by atoms with E-state index in [1.165, 1.54) is 12.5 Å². The van der Waals surface area contributed by atoms with Crippen molar-refractivity contribution in [3.05, 3.63) is 11.6 Å². The van der Waals surface area contributed by atoms with Crippen molar-refractivity contribution >= 4 is 5.97 Å². The monoisotopic (exact) mass is 897 g/mol. The average molecular weight is 897 g/mol. The molecule has 0 radical (unpaired) electrons. The number of hydrogen-bond acceptors (Lipinski definition) is 15. The smallest absolute Gasteiger partial charge is 0.310 e. The van der Waals surface area contributed by atoms with Gasteiger partial charge in [-0.2, -0.15) is 0 Å². The maximum atomic E-state index is 13.1. The van der Waals surface area contributed by atoms with E-state index in [1.54, 1.807) is 0 Å². The Morgan fingerprint density at radius 1 is 0.714 bits per heavy atom. The zero-order valence-electron chi connectivity index (χ0n) is 38.3. The van der Waals surface area contributed by atoms with Crippen LogP contribution in [0.1, 0.15) is 120 Å². The van der Waals surface area contributed by atoms with Crippen molar-refractivity contribution in [1.82, 2.24) is 0 Å². The molecule has 0 aromatic carbocycles. The number of carboxylic acids is 1. The van der Waals surface area contributed by atoms with Gasteiger partial charge in [0.2, 0.25) is 0 Å². The Morgan fingerprint density at radius 3 is 2.08 bits per heavy atom. The molecule has 4 saturated carbocycles. The lowest BCUT2D eigenvalue weighted by atomic mass is 9.33. The zero-order chi connectivity index (χ0) is 46.0. The Hall–Kier alpha value is -1.35. The predicted molar refractivity (Wildman–Crippen MR) is 223 cm³/mol. The number of hydrogen-bond donors (Lipinski definition) is 9. The predicted octanol–water partition coefficient (Wildman–Crippen LogP) is 2.37. The van der Waals surface area contributed by atoms with Gasteiger partial charge in [-0.3, -0.25) is 4.79 Å². The van der Waals surface area contributed by atoms with Crippen LogP contribution < -0.4 is 0 Å². The van der Waals surface area contributed by atoms with Crippen LogP contribution >= 0.6 is 0 Å². The second-order valence-corrected chi connectivity index (χ2v) is 23.1. The Bertz CT molecular complexity index is 1720. The Balaban J connectivity index is 0.983. The van der Waals surface area contributed by atoms with Crippen molar-refractivity contribution in [2.75, 3.05) is 13.2 Å². The van der Waals surface area contributed by atoms with Gasteiger partial charge in [0, 0.05) is 0 Å². The largest absolute Gasteiger partial charge is 0.481 e. The van der Waals surface area contributed by atoms with Gasteiger partial charge in [0.1, 0.15) is 61.0 Å². The third-order valence-electron chi connectivity index (χ3n) is 18.9. The minimum Gasteiger partial charge on any atom is -0.481 e. The first kappa shape index (κ1) is 48.1. The second kappa shape index (κ2) is 16.7. The van der Waals surface area contributed by atoms with E-state index < -0.39 is 104 Å². The Kier molecular flexibility index (Phi) is 12.8. The van der Waals surface area contributed by atoms with Gasteiger partial charge in [-0.25, -0.2) is 0 Å². The Labute approximate surface area is 371 Å². The highest BCUT2D eigenvalue weighted by molar-refractivity contribution is 5.76. The lowest BCUT2D eigenvalue weighted by molar-refractivity contribution is -0.371. The summed E-state index contributed by atoms with van der Waals surface area (Å²) in [5, 5.41) is 96.4. The molecule has 7 fully saturated rings. The standard InChI is InChI=1S/C47H76O16/c1-22-30(49)33(52)35(54)38(60-22)59-21-26-32(51)34(53)36(55)39(61-26)63-37-31(50)25(48)20-58-40(37)62-29-12-13-44(6)27(43(29,4)5)11-14-46(8)28(44)10-9-23-24-19-42(2,3)15-17-47(24,41(56)57)18-16-45(23,46)7/h9,22,24-40,48-55H,10-21H2,1-8H3,(H,56,57)/t22-,24-,25-,26+,27-,28+,29-,30-,31-,32+,33+,34-,35+,36+,37+,38+,39-,40-,44-,45+,46+,47-/m0/s1. The molecule has 0 spiro atoms. The number of aliphatic carboxylic acids is 1. The summed E-state index contributed by atoms with van der Waals surface area (Å²) in [5.74, 6) is 0.00904. The molecule has 3 heterocycles. The fourth-order valence-corrected chi connectivity index (χ4v) is 14.7. The molecule has 9 N–H and O–H groups in total. The molecule has 5 aliphatic carbocycles. The van der Waals surface area contributed by atoms with Crippen LogP contribution in [0.2, 0.25) is 0 Å². The molecule has 8 rings (SSSR count). The van der Waals surface area contributed by atoms with Crippen molar-refractivity contribution in [3.63, 3.8) is 0 Å². The molecule has 360 valence electrons. The third kappa shape index (κ3) is 7.60. The highest BCUT2D eigenvalue weighted by atomic mass is 16.8. The van der Waals surface area contributed by atoms with Crippen LogP contribution in [0.25, 0.3) is 0 Å². The quantitative estimate of drug-likeness (QED) is 0.125. The first-order valence-corrected chi connectivity index (χ1v) is 23.6. The van der Waals surface area contributed by atoms with Gasteiger partial charge in [-0.15, -0.1) is 0 Å². The minimum absolute atomic E-state index is 0.0305. The lowest BCUT2D eigenvalue weighted by Crippen LogP contribution is -2.66. The van der Waals surface area contributed by atoms with E-state index in [2.05, 4.69) is 54.5 Å². The van der Waals surface area contributed by atoms with Crippen LogP contribution in [0.4, 0.5) is 0 Å². The molecular weight excluding hydrogens is 821 g/mol. The first-order chi connectivity index (χ1) is 29.3. The van der Waals surface area contributed by atoms with Gasteiger partial charge in [-0.1, -0.05) is 60.1 Å². The number of aliphatic hydroxyl groups is 8. The van der Waals surface area contributed by atoms with Gasteiger partial charge < -0.3 is 74.4 Å². The summed E-state index contributed by atoms with van der Waals surface area (Å²) >= 11 is 0. The fourth-order valence-electron chi connectivity index (χ4n) is 14.7. The number of fused-ring (bicyclic) bond motifs is 7. The van der Waals surface area contributed by atoms with Crippen molar-refractivity contribution in [1.29, 1.82) is 0 Å². The summed E-state index contributed by atoms with van der Waals surface area (Å²) < 4.78 is 36.0. The number of carbonyl (C=O) groups is 1. The summed E-state index contributed by atoms with van der Waals surface area (Å²) in [6, 6.07) is 0. The molecule has 3 aliphatic heterocycles. The minimum atomic E-state index is -1.80. The van der Waals surface area contributed by atoms with Crippen molar-refractivity contribution in [2.45, 2.75) is 212 Å². The number of ether oxygens (including phenoxy) is 6. The topological polar surface area (TPSA) is 255 Å². The maximum absolute atomic E-state index is 13.1. The van der Waals surface area contributed by atoms with Gasteiger partial charge in [0.05, 0.1) is 30.8 Å². The molecule has 3 saturated heterocycles. The second-order valence-electron chi connectivity index (χ2n) is 23.1. The van der Waals surface area contributed by atoms with Gasteiger partial charge >= 0.3 is 5.97 Å². The molecule has 63 heavy (non-hydrogen) atoms. The highest BCUT2D eigenvalue weighted by Gasteiger charge is 2.69. The van der Waals surface area contributed by atoms with Crippen molar-refractivity contribution in [2.24, 2.45) is 50.2 Å². The summed E-state index contributed by atoms with van der Waals surface area (Å²) in [6.07, 6.45) is -10.0. The van der Waals surface area contributed by atoms with Crippen LogP contribution in [0.15, 0.2) is 11.6 Å². The number of carboxylic acid groups (broad SMARTS) is 1. The van der Waals surface area contributed by atoms with E-state index in [0.717, 1.165) is 51.4 Å². The SMILES string of the molecule is C[C@@H]1O[C@@H](OC[C@H]2O[C@@H](O[C@H]3[C@H](O[C@H]4CC[C@]5(C)[C@H]6CC=C7[C@@H]8CC(C)(C)CC[C@]8(C(=O)O)CC[C@@]7(C)[C@]6(C)CC[C@H]5C4(C)C)OC[C@H](O)[C@@H]3O)[C@H](O)[C@@H](O)[C@@H]2O)[C@H](O)[C@H](O)[C@H]1O. The molecule has 0 amide bonds. The number of rotatable bonds is 8. The van der Waals surface area contributed by atoms with Crippen molar-refractivity contribution in [3.8, 4) is 0 Å². The maximum Gasteiger partial charge on any atom is 0.310 e. The molecule has 16 heteroatoms.